The average molecular weight is 1190 g/mol. The Morgan fingerprint density at radius 3 is 0.695 bits per heavy atom. The van der Waals surface area contributed by atoms with Gasteiger partial charge in [-0.05, 0) is 70.8 Å². The van der Waals surface area contributed by atoms with Crippen molar-refractivity contribution in [2.75, 3.05) is 6.16 Å². The number of hydrogen-bond donors (Lipinski definition) is 0. The largest absolute Gasteiger partial charge is 0.290 e. The van der Waals surface area contributed by atoms with Crippen LogP contribution in [0.2, 0.25) is 0 Å². The van der Waals surface area contributed by atoms with Crippen molar-refractivity contribution in [1.82, 2.24) is 0 Å². The Labute approximate surface area is 455 Å². The molecule has 8 aromatic carbocycles. The van der Waals surface area contributed by atoms with E-state index in [-0.39, 0.29) is 5.78 Å². The van der Waals surface area contributed by atoms with Crippen molar-refractivity contribution < 1.29 is 92.6 Å². The van der Waals surface area contributed by atoms with Crippen LogP contribution in [-0.2, 0) is 0 Å². The molecule has 0 atom stereocenters. The third-order valence-corrected chi connectivity index (χ3v) is 18.5. The Hall–Kier alpha value is -7.48. The number of carbonyl (C=O) groups excluding carboxylic acids is 1. The fraction of sp³-hybridized carbons (Fsp3) is 0.169. The van der Waals surface area contributed by atoms with Gasteiger partial charge in [0, 0.05) is 5.56 Å². The second-order valence-electron chi connectivity index (χ2n) is 19.8. The van der Waals surface area contributed by atoms with Gasteiger partial charge in [0.15, 0.2) is 69.8 Å². The SMILES string of the molecule is CC(C)c1ccc([P+](CC(=O)c2ccccc2)(c2ccc(C(C)C)cc2)c2ccc(C(C)C)cc2)cc1.Fc1c(F)c(F)c([B-](c2c(F)c(F)c(F)c(F)c2F)(c2c(F)c(F)c(F)c(F)c2F)c2c(F)c(F)c(F)c(F)c2F)c(F)c1F. The van der Waals surface area contributed by atoms with Crippen molar-refractivity contribution in [3.63, 3.8) is 0 Å². The smallest absolute Gasteiger partial charge is 0.201 e. The summed E-state index contributed by atoms with van der Waals surface area (Å²) in [6.45, 7) is 13.4. The summed E-state index contributed by atoms with van der Waals surface area (Å²) in [6.07, 6.45) is -6.74. The van der Waals surface area contributed by atoms with Gasteiger partial charge in [0.2, 0.25) is 5.78 Å². The van der Waals surface area contributed by atoms with E-state index in [9.17, 15) is 57.5 Å². The highest BCUT2D eigenvalue weighted by Gasteiger charge is 2.53. The summed E-state index contributed by atoms with van der Waals surface area (Å²) in [5.41, 5.74) is -9.59. The van der Waals surface area contributed by atoms with Crippen molar-refractivity contribution in [1.29, 1.82) is 0 Å². The predicted octanol–water partition coefficient (Wildman–Crippen LogP) is 14.1. The topological polar surface area (TPSA) is 17.1 Å². The molecule has 0 fully saturated rings. The molecule has 8 aromatic rings. The Bertz CT molecular complexity index is 3250. The Morgan fingerprint density at radius 1 is 0.305 bits per heavy atom. The zero-order valence-corrected chi connectivity index (χ0v) is 44.1. The van der Waals surface area contributed by atoms with E-state index in [0.29, 0.717) is 23.9 Å². The van der Waals surface area contributed by atoms with Crippen LogP contribution in [0.1, 0.15) is 86.3 Å². The minimum Gasteiger partial charge on any atom is -0.290 e. The lowest BCUT2D eigenvalue weighted by atomic mass is 9.12. The molecule has 0 aliphatic carbocycles. The molecule has 0 spiro atoms. The first-order chi connectivity index (χ1) is 38.4. The molecule has 23 heteroatoms. The van der Waals surface area contributed by atoms with E-state index in [4.69, 9.17) is 0 Å². The number of hydrogen-bond acceptors (Lipinski definition) is 1. The first-order valence-electron chi connectivity index (χ1n) is 24.4. The van der Waals surface area contributed by atoms with E-state index in [1.54, 1.807) is 0 Å². The third-order valence-electron chi connectivity index (χ3n) is 14.2. The molecule has 1 nitrogen and oxygen atoms in total. The van der Waals surface area contributed by atoms with Gasteiger partial charge < -0.3 is 0 Å². The van der Waals surface area contributed by atoms with Crippen molar-refractivity contribution >= 4 is 57.0 Å². The second kappa shape index (κ2) is 23.8. The quantitative estimate of drug-likeness (QED) is 0.0281. The fourth-order valence-electron chi connectivity index (χ4n) is 9.87. The van der Waals surface area contributed by atoms with E-state index in [1.165, 1.54) is 32.6 Å². The van der Waals surface area contributed by atoms with Crippen LogP contribution in [0.25, 0.3) is 0 Å². The lowest BCUT2D eigenvalue weighted by Crippen LogP contribution is -2.81. The second-order valence-corrected chi connectivity index (χ2v) is 23.3. The molecule has 0 N–H and O–H groups in total. The average Bonchev–Trinajstić information content (AvgIpc) is 0.954. The zero-order valence-electron chi connectivity index (χ0n) is 43.2. The lowest BCUT2D eigenvalue weighted by molar-refractivity contribution is 0.102. The minimum atomic E-state index is -7.22. The van der Waals surface area contributed by atoms with Crippen molar-refractivity contribution in [2.45, 2.75) is 59.3 Å². The van der Waals surface area contributed by atoms with Crippen LogP contribution in [0.4, 0.5) is 87.8 Å². The standard InChI is InChI=1S/C35H40OP.C24BF20/c1-25(2)28-12-18-32(19-13-28)37(24-35(36)31-10-8-7-9-11-31,33-20-14-29(15-21-33)26(3)4)34-22-16-30(17-23-34)27(5)6;26-5-1(6(27)14(35)21(42)13(5)34)25(2-7(28)15(36)22(43)16(37)8(2)29,3-9(30)17(38)23(44)18(39)10(3)31)4-11(32)19(40)24(45)20(41)12(4)33/h7-23,25-27H,24H2,1-6H3;/q+1;-1. The molecule has 0 aromatic heterocycles. The molecule has 430 valence electrons. The van der Waals surface area contributed by atoms with Crippen molar-refractivity contribution in [2.24, 2.45) is 0 Å². The summed E-state index contributed by atoms with van der Waals surface area (Å²) >= 11 is 0. The summed E-state index contributed by atoms with van der Waals surface area (Å²) < 4.78 is 294. The monoisotopic (exact) mass is 1190 g/mol. The van der Waals surface area contributed by atoms with E-state index in [2.05, 4.69) is 114 Å². The number of carbonyl (C=O) groups is 1. The molecular weight excluding hydrogens is 1150 g/mol. The summed E-state index contributed by atoms with van der Waals surface area (Å²) in [5, 5.41) is 3.78. The molecule has 0 amide bonds. The van der Waals surface area contributed by atoms with E-state index in [0.717, 1.165) is 5.56 Å². The molecule has 0 bridgehead atoms. The van der Waals surface area contributed by atoms with Gasteiger partial charge in [0.25, 0.3) is 0 Å². The molecule has 0 radical (unpaired) electrons. The summed E-state index contributed by atoms with van der Waals surface area (Å²) in [6, 6.07) is 37.0. The highest BCUT2D eigenvalue weighted by molar-refractivity contribution is 7.96. The van der Waals surface area contributed by atoms with Crippen LogP contribution < -0.4 is 37.8 Å². The number of halogens is 20. The van der Waals surface area contributed by atoms with Crippen LogP contribution in [0.5, 0.6) is 0 Å². The van der Waals surface area contributed by atoms with Crippen LogP contribution in [0, 0.1) is 116 Å². The van der Waals surface area contributed by atoms with Gasteiger partial charge in [-0.1, -0.05) is 108 Å². The molecule has 0 saturated heterocycles. The summed E-state index contributed by atoms with van der Waals surface area (Å²) in [4.78, 5) is 13.9. The first-order valence-corrected chi connectivity index (χ1v) is 26.4. The first kappa shape index (κ1) is 62.1. The molecule has 0 unspecified atom stereocenters. The van der Waals surface area contributed by atoms with Gasteiger partial charge in [-0.15, -0.1) is 21.9 Å². The van der Waals surface area contributed by atoms with Gasteiger partial charge in [0.05, 0.1) is 0 Å². The van der Waals surface area contributed by atoms with Crippen LogP contribution in [0.3, 0.4) is 0 Å². The minimum absolute atomic E-state index is 0.197. The Kier molecular flexibility index (Phi) is 18.0. The molecule has 82 heavy (non-hydrogen) atoms. The third kappa shape index (κ3) is 10.3. The Balaban J connectivity index is 0.000000240. The Morgan fingerprint density at radius 2 is 0.500 bits per heavy atom. The normalized spacial score (nSPS) is 12.0. The van der Waals surface area contributed by atoms with E-state index < -0.39 is 152 Å². The summed E-state index contributed by atoms with van der Waals surface area (Å²) in [5.74, 6) is -69.8. The maximum absolute atomic E-state index is 15.4. The van der Waals surface area contributed by atoms with E-state index >= 15 is 35.1 Å². The molecule has 0 aliphatic rings. The molecule has 0 aliphatic heterocycles. The van der Waals surface area contributed by atoms with Crippen LogP contribution >= 0.6 is 7.26 Å². The van der Waals surface area contributed by atoms with Crippen LogP contribution in [-0.4, -0.2) is 18.1 Å². The predicted molar refractivity (Wildman–Crippen MR) is 272 cm³/mol. The molecule has 0 heterocycles. The van der Waals surface area contributed by atoms with E-state index in [1.807, 2.05) is 30.3 Å². The molecule has 0 saturated carbocycles. The highest BCUT2D eigenvalue weighted by atomic mass is 31.2. The lowest BCUT2D eigenvalue weighted by Gasteiger charge is -2.44. The van der Waals surface area contributed by atoms with Gasteiger partial charge in [-0.3, -0.25) is 4.79 Å². The molecular formula is C59H40BF20OP. The zero-order chi connectivity index (χ0) is 60.9. The van der Waals surface area contributed by atoms with Gasteiger partial charge >= 0.3 is 0 Å². The number of ketones is 1. The van der Waals surface area contributed by atoms with Gasteiger partial charge in [-0.25, -0.2) is 87.8 Å². The maximum Gasteiger partial charge on any atom is 0.201 e. The maximum atomic E-state index is 15.4. The van der Waals surface area contributed by atoms with Gasteiger partial charge in [0.1, 0.15) is 82.0 Å². The molecule has 8 rings (SSSR count). The van der Waals surface area contributed by atoms with Crippen molar-refractivity contribution in [3.05, 3.63) is 242 Å². The highest BCUT2D eigenvalue weighted by Crippen LogP contribution is 2.56. The number of Topliss-reactive ketones (excluding diaryl/α,β-unsaturated/α-hetero) is 1. The fourth-order valence-corrected chi connectivity index (χ4v) is 13.9. The number of rotatable bonds is 13. The van der Waals surface area contributed by atoms with Crippen LogP contribution in [0.15, 0.2) is 103 Å². The summed E-state index contributed by atoms with van der Waals surface area (Å²) in [7, 11) is -2.27. The van der Waals surface area contributed by atoms with Gasteiger partial charge in [-0.2, -0.15) is 0 Å². The number of benzene rings is 8. The van der Waals surface area contributed by atoms with Crippen molar-refractivity contribution in [3.8, 4) is 0 Å².